The number of rotatable bonds is 5. The Hall–Kier alpha value is -1.89. The van der Waals surface area contributed by atoms with Crippen molar-refractivity contribution in [1.82, 2.24) is 14.7 Å². The molecule has 0 radical (unpaired) electrons. The highest BCUT2D eigenvalue weighted by molar-refractivity contribution is 5.96. The summed E-state index contributed by atoms with van der Waals surface area (Å²) < 4.78 is 5.94. The first-order chi connectivity index (χ1) is 14.1. The van der Waals surface area contributed by atoms with Crippen molar-refractivity contribution in [1.29, 1.82) is 0 Å². The first-order valence-electron chi connectivity index (χ1n) is 10.9. The Morgan fingerprint density at radius 2 is 2.00 bits per heavy atom. The summed E-state index contributed by atoms with van der Waals surface area (Å²) in [4.78, 5) is 20.1. The topological polar surface area (TPSA) is 60.2 Å². The number of likely N-dealkylation sites (tertiary alicyclic amines) is 1. The fraction of sp³-hybridized carbons (Fsp3) is 0.609. The van der Waals surface area contributed by atoms with E-state index in [1.165, 1.54) is 0 Å². The van der Waals surface area contributed by atoms with Crippen LogP contribution >= 0.6 is 0 Å². The number of piperazine rings is 1. The molecule has 3 heterocycles. The smallest absolute Gasteiger partial charge is 0.289 e. The second-order valence-corrected chi connectivity index (χ2v) is 8.68. The van der Waals surface area contributed by atoms with Crippen molar-refractivity contribution >= 4 is 16.9 Å². The fourth-order valence-corrected chi connectivity index (χ4v) is 4.95. The number of hydrogen-bond donors (Lipinski definition) is 1. The largest absolute Gasteiger partial charge is 0.451 e. The van der Waals surface area contributed by atoms with E-state index in [0.29, 0.717) is 17.7 Å². The third kappa shape index (κ3) is 4.34. The Labute approximate surface area is 173 Å². The summed E-state index contributed by atoms with van der Waals surface area (Å²) in [5, 5.41) is 10.4. The van der Waals surface area contributed by atoms with E-state index in [1.54, 1.807) is 0 Å². The number of amides is 1. The molecule has 0 bridgehead atoms. The van der Waals surface area contributed by atoms with Crippen LogP contribution in [0, 0.1) is 12.8 Å². The molecule has 2 fully saturated rings. The van der Waals surface area contributed by atoms with Gasteiger partial charge in [0.15, 0.2) is 5.76 Å². The number of benzene rings is 1. The maximum absolute atomic E-state index is 13.2. The lowest BCUT2D eigenvalue weighted by Gasteiger charge is -2.46. The van der Waals surface area contributed by atoms with Gasteiger partial charge in [0.2, 0.25) is 0 Å². The van der Waals surface area contributed by atoms with E-state index in [0.717, 1.165) is 75.1 Å². The van der Waals surface area contributed by atoms with Gasteiger partial charge in [-0.05, 0) is 50.8 Å². The molecule has 2 aliphatic heterocycles. The SMILES string of the molecule is Cc1cccc2cc(C(=O)N3CC[C@H](N4CCN(C)CC4)[C@H](CCCO)C3)oc12. The minimum absolute atomic E-state index is 0.00794. The number of nitrogens with zero attached hydrogens (tertiary/aromatic N) is 3. The second-order valence-electron chi connectivity index (χ2n) is 8.68. The molecule has 1 aromatic carbocycles. The average Bonchev–Trinajstić information content (AvgIpc) is 3.18. The molecule has 0 aliphatic carbocycles. The van der Waals surface area contributed by atoms with Gasteiger partial charge in [-0.25, -0.2) is 0 Å². The number of aliphatic hydroxyl groups excluding tert-OH is 1. The van der Waals surface area contributed by atoms with Crippen LogP contribution in [0.1, 0.15) is 35.4 Å². The summed E-state index contributed by atoms with van der Waals surface area (Å²) in [7, 11) is 2.18. The van der Waals surface area contributed by atoms with Crippen LogP contribution in [0.5, 0.6) is 0 Å². The maximum atomic E-state index is 13.2. The van der Waals surface area contributed by atoms with E-state index >= 15 is 0 Å². The molecular weight excluding hydrogens is 366 g/mol. The van der Waals surface area contributed by atoms with Crippen LogP contribution in [0.4, 0.5) is 0 Å². The molecule has 2 aromatic rings. The van der Waals surface area contributed by atoms with Crippen LogP contribution in [-0.2, 0) is 0 Å². The monoisotopic (exact) mass is 399 g/mol. The predicted molar refractivity (Wildman–Crippen MR) is 114 cm³/mol. The van der Waals surface area contributed by atoms with Crippen LogP contribution in [0.3, 0.4) is 0 Å². The lowest BCUT2D eigenvalue weighted by Crippen LogP contribution is -2.56. The molecule has 1 amide bonds. The van der Waals surface area contributed by atoms with Gasteiger partial charge in [-0.2, -0.15) is 0 Å². The Morgan fingerprint density at radius 1 is 1.21 bits per heavy atom. The standard InChI is InChI=1S/C23H33N3O3/c1-17-5-3-6-18-15-21(29-22(17)18)23(28)26-9-8-20(19(16-26)7-4-14-27)25-12-10-24(2)11-13-25/h3,5-6,15,19-20,27H,4,7-14,16H2,1-2H3/t19-,20+/m1/s1. The van der Waals surface area contributed by atoms with Gasteiger partial charge in [0.25, 0.3) is 5.91 Å². The predicted octanol–water partition coefficient (Wildman–Crippen LogP) is 2.59. The summed E-state index contributed by atoms with van der Waals surface area (Å²) in [6.07, 6.45) is 2.74. The molecule has 2 atom stereocenters. The zero-order valence-corrected chi connectivity index (χ0v) is 17.6. The minimum atomic E-state index is -0.00794. The molecule has 0 unspecified atom stereocenters. The van der Waals surface area contributed by atoms with Crippen molar-refractivity contribution in [2.45, 2.75) is 32.2 Å². The summed E-state index contributed by atoms with van der Waals surface area (Å²) in [6.45, 7) is 8.11. The van der Waals surface area contributed by atoms with E-state index in [2.05, 4.69) is 16.8 Å². The summed E-state index contributed by atoms with van der Waals surface area (Å²) in [5.74, 6) is 0.828. The molecule has 0 saturated carbocycles. The number of carbonyl (C=O) groups excluding carboxylic acids is 1. The molecule has 1 aromatic heterocycles. The van der Waals surface area contributed by atoms with Crippen molar-refractivity contribution in [3.8, 4) is 0 Å². The van der Waals surface area contributed by atoms with E-state index in [4.69, 9.17) is 4.42 Å². The Kier molecular flexibility index (Phi) is 6.23. The van der Waals surface area contributed by atoms with Gasteiger partial charge in [-0.3, -0.25) is 9.69 Å². The first-order valence-corrected chi connectivity index (χ1v) is 10.9. The van der Waals surface area contributed by atoms with Crippen LogP contribution in [0.25, 0.3) is 11.0 Å². The van der Waals surface area contributed by atoms with E-state index in [9.17, 15) is 9.90 Å². The first kappa shape index (κ1) is 20.4. The van der Waals surface area contributed by atoms with Crippen molar-refractivity contribution in [3.63, 3.8) is 0 Å². The lowest BCUT2D eigenvalue weighted by atomic mass is 9.86. The number of carbonyl (C=O) groups is 1. The number of piperidine rings is 1. The molecule has 1 N–H and O–H groups in total. The second kappa shape index (κ2) is 8.86. The van der Waals surface area contributed by atoms with Gasteiger partial charge < -0.3 is 19.3 Å². The van der Waals surface area contributed by atoms with Gasteiger partial charge in [0.05, 0.1) is 0 Å². The molecule has 6 heteroatoms. The third-order valence-electron chi connectivity index (χ3n) is 6.67. The highest BCUT2D eigenvalue weighted by atomic mass is 16.3. The minimum Gasteiger partial charge on any atom is -0.451 e. The molecule has 0 spiro atoms. The van der Waals surface area contributed by atoms with Crippen molar-refractivity contribution < 1.29 is 14.3 Å². The van der Waals surface area contributed by atoms with Crippen LogP contribution in [0.15, 0.2) is 28.7 Å². The van der Waals surface area contributed by atoms with Crippen LogP contribution in [0.2, 0.25) is 0 Å². The number of para-hydroxylation sites is 1. The van der Waals surface area contributed by atoms with E-state index < -0.39 is 0 Å². The number of aryl methyl sites for hydroxylation is 1. The molecule has 4 rings (SSSR count). The Morgan fingerprint density at radius 3 is 2.72 bits per heavy atom. The highest BCUT2D eigenvalue weighted by Crippen LogP contribution is 2.29. The van der Waals surface area contributed by atoms with Gasteiger partial charge >= 0.3 is 0 Å². The van der Waals surface area contributed by atoms with Crippen molar-refractivity contribution in [2.75, 3.05) is 52.9 Å². The normalized spacial score (nSPS) is 24.3. The van der Waals surface area contributed by atoms with E-state index in [1.807, 2.05) is 36.1 Å². The fourth-order valence-electron chi connectivity index (χ4n) is 4.95. The summed E-state index contributed by atoms with van der Waals surface area (Å²) in [6, 6.07) is 8.37. The Bertz CT molecular complexity index is 841. The van der Waals surface area contributed by atoms with Crippen molar-refractivity contribution in [3.05, 3.63) is 35.6 Å². The number of furan rings is 1. The molecule has 6 nitrogen and oxygen atoms in total. The quantitative estimate of drug-likeness (QED) is 0.837. The Balaban J connectivity index is 1.48. The molecule has 158 valence electrons. The van der Waals surface area contributed by atoms with Crippen molar-refractivity contribution in [2.24, 2.45) is 5.92 Å². The van der Waals surface area contributed by atoms with Gasteiger partial charge in [-0.15, -0.1) is 0 Å². The maximum Gasteiger partial charge on any atom is 0.289 e. The number of hydrogen-bond acceptors (Lipinski definition) is 5. The van der Waals surface area contributed by atoms with E-state index in [-0.39, 0.29) is 12.5 Å². The zero-order valence-electron chi connectivity index (χ0n) is 17.6. The lowest BCUT2D eigenvalue weighted by molar-refractivity contribution is 0.0205. The summed E-state index contributed by atoms with van der Waals surface area (Å²) >= 11 is 0. The number of fused-ring (bicyclic) bond motifs is 1. The summed E-state index contributed by atoms with van der Waals surface area (Å²) in [5.41, 5.74) is 1.86. The van der Waals surface area contributed by atoms with Gasteiger partial charge in [0.1, 0.15) is 5.58 Å². The molecule has 2 aliphatic rings. The average molecular weight is 400 g/mol. The molecular formula is C23H33N3O3. The number of likely N-dealkylation sites (N-methyl/N-ethyl adjacent to an activating group) is 1. The third-order valence-corrected chi connectivity index (χ3v) is 6.67. The van der Waals surface area contributed by atoms with Gasteiger partial charge in [0, 0.05) is 57.3 Å². The number of aliphatic hydroxyl groups is 1. The van der Waals surface area contributed by atoms with Crippen LogP contribution < -0.4 is 0 Å². The van der Waals surface area contributed by atoms with Gasteiger partial charge in [-0.1, -0.05) is 18.2 Å². The molecule has 29 heavy (non-hydrogen) atoms. The van der Waals surface area contributed by atoms with Crippen LogP contribution in [-0.4, -0.2) is 84.7 Å². The zero-order chi connectivity index (χ0) is 20.4. The molecule has 2 saturated heterocycles. The highest BCUT2D eigenvalue weighted by Gasteiger charge is 2.36.